The lowest BCUT2D eigenvalue weighted by Gasteiger charge is -2.17. The normalized spacial score (nSPS) is 17.3. The van der Waals surface area contributed by atoms with Gasteiger partial charge in [-0.05, 0) is 48.4 Å². The first kappa shape index (κ1) is 15.7. The van der Waals surface area contributed by atoms with Gasteiger partial charge >= 0.3 is 0 Å². The minimum atomic E-state index is -0.942. The first-order valence-corrected chi connectivity index (χ1v) is 7.52. The maximum absolute atomic E-state index is 13.3. The Balaban J connectivity index is 1.67. The molecular weight excluding hydrogens is 324 g/mol. The molecule has 1 aliphatic heterocycles. The molecule has 2 atom stereocenters. The summed E-state index contributed by atoms with van der Waals surface area (Å²) < 4.78 is 31.8. The Morgan fingerprint density at radius 1 is 1.26 bits per heavy atom. The summed E-state index contributed by atoms with van der Waals surface area (Å²) in [7, 11) is 0. The van der Waals surface area contributed by atoms with E-state index in [1.54, 1.807) is 25.1 Å². The molecule has 1 aliphatic rings. The van der Waals surface area contributed by atoms with E-state index in [0.29, 0.717) is 22.8 Å². The quantitative estimate of drug-likeness (QED) is 0.925. The van der Waals surface area contributed by atoms with E-state index in [1.165, 1.54) is 6.07 Å². The smallest absolute Gasteiger partial charge is 0.261 e. The van der Waals surface area contributed by atoms with Gasteiger partial charge in [-0.2, -0.15) is 0 Å². The minimum Gasteiger partial charge on any atom is -0.480 e. The van der Waals surface area contributed by atoms with Gasteiger partial charge in [-0.3, -0.25) is 4.79 Å². The molecular formula is C17H14ClF2NO2. The number of hydrogen-bond donors (Lipinski definition) is 1. The van der Waals surface area contributed by atoms with Crippen LogP contribution in [0.25, 0.3) is 0 Å². The van der Waals surface area contributed by atoms with Crippen LogP contribution in [-0.2, 0) is 11.2 Å². The van der Waals surface area contributed by atoms with Crippen molar-refractivity contribution in [3.63, 3.8) is 0 Å². The average molecular weight is 338 g/mol. The van der Waals surface area contributed by atoms with Crippen molar-refractivity contribution in [2.45, 2.75) is 25.5 Å². The number of amides is 1. The number of hydrogen-bond acceptors (Lipinski definition) is 2. The summed E-state index contributed by atoms with van der Waals surface area (Å²) in [5.74, 6) is -1.54. The summed E-state index contributed by atoms with van der Waals surface area (Å²) in [6, 6.07) is 8.28. The summed E-state index contributed by atoms with van der Waals surface area (Å²) in [6.45, 7) is 1.70. The first-order chi connectivity index (χ1) is 10.9. The highest BCUT2D eigenvalue weighted by Gasteiger charge is 2.30. The van der Waals surface area contributed by atoms with E-state index in [4.69, 9.17) is 16.3 Å². The predicted molar refractivity (Wildman–Crippen MR) is 82.5 cm³/mol. The number of fused-ring (bicyclic) bond motifs is 1. The van der Waals surface area contributed by atoms with Gasteiger partial charge < -0.3 is 10.1 Å². The SMILES string of the molecule is C[C@@H](NC(=O)[C@@H]1Cc2cc(Cl)ccc2O1)c1ccc(F)c(F)c1. The zero-order valence-electron chi connectivity index (χ0n) is 12.3. The van der Waals surface area contributed by atoms with E-state index >= 15 is 0 Å². The Hall–Kier alpha value is -2.14. The Morgan fingerprint density at radius 2 is 2.04 bits per heavy atom. The summed E-state index contributed by atoms with van der Waals surface area (Å²) >= 11 is 5.92. The minimum absolute atomic E-state index is 0.311. The molecule has 0 aliphatic carbocycles. The van der Waals surface area contributed by atoms with Crippen molar-refractivity contribution in [1.29, 1.82) is 0 Å². The maximum Gasteiger partial charge on any atom is 0.261 e. The van der Waals surface area contributed by atoms with Crippen molar-refractivity contribution in [1.82, 2.24) is 5.32 Å². The number of halogens is 3. The van der Waals surface area contributed by atoms with Gasteiger partial charge in [0.1, 0.15) is 5.75 Å². The lowest BCUT2D eigenvalue weighted by molar-refractivity contribution is -0.127. The number of ether oxygens (including phenoxy) is 1. The zero-order valence-corrected chi connectivity index (χ0v) is 13.0. The molecule has 2 aromatic rings. The molecule has 0 radical (unpaired) electrons. The van der Waals surface area contributed by atoms with E-state index in [1.807, 2.05) is 0 Å². The van der Waals surface area contributed by atoms with Crippen LogP contribution in [0.1, 0.15) is 24.1 Å². The molecule has 2 aromatic carbocycles. The number of rotatable bonds is 3. The van der Waals surface area contributed by atoms with Crippen LogP contribution in [0.4, 0.5) is 8.78 Å². The topological polar surface area (TPSA) is 38.3 Å². The fourth-order valence-corrected chi connectivity index (χ4v) is 2.73. The van der Waals surface area contributed by atoms with Gasteiger partial charge in [-0.1, -0.05) is 17.7 Å². The van der Waals surface area contributed by atoms with Gasteiger partial charge in [0.2, 0.25) is 0 Å². The maximum atomic E-state index is 13.3. The second-order valence-electron chi connectivity index (χ2n) is 5.47. The molecule has 1 heterocycles. The fourth-order valence-electron chi connectivity index (χ4n) is 2.53. The van der Waals surface area contributed by atoms with Crippen molar-refractivity contribution in [2.24, 2.45) is 0 Å². The molecule has 1 N–H and O–H groups in total. The van der Waals surface area contributed by atoms with Gasteiger partial charge in [0.05, 0.1) is 6.04 Å². The highest BCUT2D eigenvalue weighted by Crippen LogP contribution is 2.31. The van der Waals surface area contributed by atoms with Crippen LogP contribution in [0.5, 0.6) is 5.75 Å². The Morgan fingerprint density at radius 3 is 2.78 bits per heavy atom. The van der Waals surface area contributed by atoms with Crippen LogP contribution in [0.3, 0.4) is 0 Å². The highest BCUT2D eigenvalue weighted by molar-refractivity contribution is 6.30. The summed E-state index contributed by atoms with van der Waals surface area (Å²) in [5.41, 5.74) is 1.36. The second kappa shape index (κ2) is 6.16. The molecule has 3 nitrogen and oxygen atoms in total. The molecule has 1 amide bonds. The Kier molecular flexibility index (Phi) is 4.22. The standard InChI is InChI=1S/C17H14ClF2NO2/c1-9(10-2-4-13(19)14(20)7-10)21-17(22)16-8-11-6-12(18)3-5-15(11)23-16/h2-7,9,16H,8H2,1H3,(H,21,22)/t9-,16+/m1/s1. The summed E-state index contributed by atoms with van der Waals surface area (Å²) in [6.07, 6.45) is -0.233. The van der Waals surface area contributed by atoms with E-state index in [9.17, 15) is 13.6 Å². The molecule has 6 heteroatoms. The van der Waals surface area contributed by atoms with Gasteiger partial charge in [0, 0.05) is 11.4 Å². The van der Waals surface area contributed by atoms with Crippen LogP contribution in [0.15, 0.2) is 36.4 Å². The van der Waals surface area contributed by atoms with E-state index in [-0.39, 0.29) is 5.91 Å². The van der Waals surface area contributed by atoms with Crippen molar-refractivity contribution >= 4 is 17.5 Å². The van der Waals surface area contributed by atoms with Crippen molar-refractivity contribution < 1.29 is 18.3 Å². The Labute approximate surface area is 137 Å². The molecule has 120 valence electrons. The third-order valence-electron chi connectivity index (χ3n) is 3.79. The third kappa shape index (κ3) is 3.29. The molecule has 0 bridgehead atoms. The summed E-state index contributed by atoms with van der Waals surface area (Å²) in [5, 5.41) is 3.33. The molecule has 0 fully saturated rings. The van der Waals surface area contributed by atoms with Gasteiger partial charge in [0.25, 0.3) is 5.91 Å². The second-order valence-corrected chi connectivity index (χ2v) is 5.90. The van der Waals surface area contributed by atoms with E-state index in [2.05, 4.69) is 5.32 Å². The Bertz CT molecular complexity index is 766. The van der Waals surface area contributed by atoms with Crippen molar-refractivity contribution in [2.75, 3.05) is 0 Å². The molecule has 0 saturated heterocycles. The fraction of sp³-hybridized carbons (Fsp3) is 0.235. The lowest BCUT2D eigenvalue weighted by atomic mass is 10.1. The van der Waals surface area contributed by atoms with Gasteiger partial charge in [0.15, 0.2) is 17.7 Å². The number of carbonyl (C=O) groups excluding carboxylic acids is 1. The van der Waals surface area contributed by atoms with Crippen LogP contribution >= 0.6 is 11.6 Å². The third-order valence-corrected chi connectivity index (χ3v) is 4.03. The molecule has 0 spiro atoms. The molecule has 0 saturated carbocycles. The molecule has 23 heavy (non-hydrogen) atoms. The zero-order chi connectivity index (χ0) is 16.6. The van der Waals surface area contributed by atoms with Crippen LogP contribution in [0.2, 0.25) is 5.02 Å². The van der Waals surface area contributed by atoms with Crippen LogP contribution in [0, 0.1) is 11.6 Å². The molecule has 0 unspecified atom stereocenters. The van der Waals surface area contributed by atoms with Crippen molar-refractivity contribution in [3.05, 3.63) is 64.2 Å². The van der Waals surface area contributed by atoms with E-state index < -0.39 is 23.8 Å². The van der Waals surface area contributed by atoms with Gasteiger partial charge in [-0.15, -0.1) is 0 Å². The molecule has 3 rings (SSSR count). The largest absolute Gasteiger partial charge is 0.480 e. The lowest BCUT2D eigenvalue weighted by Crippen LogP contribution is -2.38. The first-order valence-electron chi connectivity index (χ1n) is 7.14. The number of nitrogens with one attached hydrogen (secondary N) is 1. The van der Waals surface area contributed by atoms with Crippen LogP contribution in [-0.4, -0.2) is 12.0 Å². The predicted octanol–water partition coefficient (Wildman–Crippen LogP) is 3.80. The van der Waals surface area contributed by atoms with Gasteiger partial charge in [-0.25, -0.2) is 8.78 Å². The van der Waals surface area contributed by atoms with Crippen molar-refractivity contribution in [3.8, 4) is 5.75 Å². The number of benzene rings is 2. The van der Waals surface area contributed by atoms with Crippen LogP contribution < -0.4 is 10.1 Å². The monoisotopic (exact) mass is 337 g/mol. The number of carbonyl (C=O) groups is 1. The van der Waals surface area contributed by atoms with E-state index in [0.717, 1.165) is 17.7 Å². The molecule has 0 aromatic heterocycles. The highest BCUT2D eigenvalue weighted by atomic mass is 35.5. The average Bonchev–Trinajstić information content (AvgIpc) is 2.93. The summed E-state index contributed by atoms with van der Waals surface area (Å²) in [4.78, 5) is 12.3.